The van der Waals surface area contributed by atoms with E-state index < -0.39 is 54.0 Å². The third-order valence-electron chi connectivity index (χ3n) is 5.94. The lowest BCUT2D eigenvalue weighted by molar-refractivity contribution is -0.145. The quantitative estimate of drug-likeness (QED) is 0.0498. The number of carboxylic acids is 1. The molecule has 0 saturated heterocycles. The van der Waals surface area contributed by atoms with Crippen molar-refractivity contribution in [2.45, 2.75) is 75.7 Å². The van der Waals surface area contributed by atoms with Crippen molar-refractivity contribution < 1.29 is 34.5 Å². The minimum Gasteiger partial charge on any atom is -0.508 e. The van der Waals surface area contributed by atoms with Gasteiger partial charge in [-0.05, 0) is 63.3 Å². The van der Waals surface area contributed by atoms with Gasteiger partial charge in [0, 0.05) is 13.0 Å². The van der Waals surface area contributed by atoms with Crippen molar-refractivity contribution in [3.63, 3.8) is 0 Å². The number of phenolic OH excluding ortho intramolecular Hbond substituents is 1. The van der Waals surface area contributed by atoms with E-state index in [1.807, 2.05) is 0 Å². The van der Waals surface area contributed by atoms with Gasteiger partial charge < -0.3 is 54.2 Å². The number of phenols is 1. The molecule has 15 nitrogen and oxygen atoms in total. The molecular formula is C25H42N8O7. The fourth-order valence-electron chi connectivity index (χ4n) is 3.68. The molecule has 0 saturated carbocycles. The fraction of sp³-hybridized carbons (Fsp3) is 0.560. The molecule has 3 amide bonds. The molecule has 0 aliphatic heterocycles. The molecule has 1 aromatic carbocycles. The van der Waals surface area contributed by atoms with Crippen LogP contribution in [0.3, 0.4) is 0 Å². The summed E-state index contributed by atoms with van der Waals surface area (Å²) in [6.07, 6.45) is 0.371. The van der Waals surface area contributed by atoms with Crippen LogP contribution in [-0.4, -0.2) is 88.3 Å². The number of aliphatic hydroxyl groups is 1. The van der Waals surface area contributed by atoms with Crippen LogP contribution in [0, 0.1) is 0 Å². The molecule has 1 aromatic rings. The predicted molar refractivity (Wildman–Crippen MR) is 148 cm³/mol. The number of nitrogens with two attached hydrogens (primary N) is 4. The minimum atomic E-state index is -1.59. The number of nitrogens with zero attached hydrogens (tertiary/aromatic N) is 1. The number of aliphatic hydroxyl groups excluding tert-OH is 1. The summed E-state index contributed by atoms with van der Waals surface area (Å²) in [6, 6.07) is 1.08. The second-order valence-electron chi connectivity index (χ2n) is 9.40. The monoisotopic (exact) mass is 566 g/mol. The molecule has 224 valence electrons. The number of carbonyl (C=O) groups is 4. The van der Waals surface area contributed by atoms with E-state index in [-0.39, 0.29) is 37.5 Å². The Bertz CT molecular complexity index is 999. The molecular weight excluding hydrogens is 524 g/mol. The Kier molecular flexibility index (Phi) is 15.0. The predicted octanol–water partition coefficient (Wildman–Crippen LogP) is -2.64. The van der Waals surface area contributed by atoms with Crippen molar-refractivity contribution in [3.05, 3.63) is 29.8 Å². The zero-order valence-electron chi connectivity index (χ0n) is 22.6. The maximum atomic E-state index is 13.4. The topological polar surface area (TPSA) is 282 Å². The maximum Gasteiger partial charge on any atom is 0.328 e. The van der Waals surface area contributed by atoms with E-state index in [2.05, 4.69) is 20.9 Å². The van der Waals surface area contributed by atoms with Crippen LogP contribution >= 0.6 is 0 Å². The van der Waals surface area contributed by atoms with Crippen molar-refractivity contribution in [1.29, 1.82) is 0 Å². The zero-order valence-corrected chi connectivity index (χ0v) is 22.6. The molecule has 0 heterocycles. The van der Waals surface area contributed by atoms with Gasteiger partial charge in [-0.1, -0.05) is 12.1 Å². The highest BCUT2D eigenvalue weighted by Crippen LogP contribution is 2.12. The van der Waals surface area contributed by atoms with E-state index in [1.54, 1.807) is 12.1 Å². The summed E-state index contributed by atoms with van der Waals surface area (Å²) in [5, 5.41) is 36.1. The summed E-state index contributed by atoms with van der Waals surface area (Å²) in [7, 11) is 0. The number of aliphatic imine (C=N–C) groups is 1. The van der Waals surface area contributed by atoms with Crippen molar-refractivity contribution >= 4 is 29.7 Å². The second-order valence-corrected chi connectivity index (χ2v) is 9.40. The number of aliphatic carboxylic acids is 1. The first-order chi connectivity index (χ1) is 18.8. The normalized spacial score (nSPS) is 14.6. The SMILES string of the molecule is CC(O)C(NC(=O)C(CCCCN)NC(=O)C(Cc1ccc(O)cc1)NC(=O)C(N)CCCN=C(N)N)C(=O)O. The van der Waals surface area contributed by atoms with Crippen LogP contribution in [0.25, 0.3) is 0 Å². The number of benzene rings is 1. The Morgan fingerprint density at radius 3 is 2.05 bits per heavy atom. The number of hydrogen-bond acceptors (Lipinski definition) is 9. The Hall–Kier alpha value is -3.95. The molecule has 40 heavy (non-hydrogen) atoms. The molecule has 0 aliphatic rings. The lowest BCUT2D eigenvalue weighted by Gasteiger charge is -2.26. The van der Waals surface area contributed by atoms with Crippen molar-refractivity contribution in [2.24, 2.45) is 27.9 Å². The molecule has 5 unspecified atom stereocenters. The molecule has 0 bridgehead atoms. The Balaban J connectivity index is 3.10. The first kappa shape index (κ1) is 34.1. The van der Waals surface area contributed by atoms with Crippen LogP contribution in [0.4, 0.5) is 0 Å². The zero-order chi connectivity index (χ0) is 30.2. The highest BCUT2D eigenvalue weighted by molar-refractivity contribution is 5.94. The first-order valence-electron chi connectivity index (χ1n) is 13.0. The molecule has 0 fully saturated rings. The van der Waals surface area contributed by atoms with E-state index in [0.29, 0.717) is 31.4 Å². The van der Waals surface area contributed by atoms with Crippen LogP contribution < -0.4 is 38.9 Å². The molecule has 0 spiro atoms. The average Bonchev–Trinajstić information content (AvgIpc) is 2.89. The third-order valence-corrected chi connectivity index (χ3v) is 5.94. The molecule has 1 rings (SSSR count). The summed E-state index contributed by atoms with van der Waals surface area (Å²) < 4.78 is 0. The van der Waals surface area contributed by atoms with Crippen molar-refractivity contribution in [3.8, 4) is 5.75 Å². The number of amides is 3. The van der Waals surface area contributed by atoms with Gasteiger partial charge in [0.2, 0.25) is 17.7 Å². The summed E-state index contributed by atoms with van der Waals surface area (Å²) >= 11 is 0. The van der Waals surface area contributed by atoms with Gasteiger partial charge in [-0.25, -0.2) is 4.79 Å². The molecule has 15 heteroatoms. The fourth-order valence-corrected chi connectivity index (χ4v) is 3.68. The van der Waals surface area contributed by atoms with Crippen LogP contribution in [0.2, 0.25) is 0 Å². The summed E-state index contributed by atoms with van der Waals surface area (Å²) in [5.74, 6) is -3.67. The maximum absolute atomic E-state index is 13.4. The second kappa shape index (κ2) is 17.6. The van der Waals surface area contributed by atoms with Gasteiger partial charge in [-0.3, -0.25) is 19.4 Å². The third kappa shape index (κ3) is 12.7. The number of unbranched alkanes of at least 4 members (excludes halogenated alkanes) is 1. The van der Waals surface area contributed by atoms with Gasteiger partial charge in [0.25, 0.3) is 0 Å². The minimum absolute atomic E-state index is 0.00113. The van der Waals surface area contributed by atoms with E-state index in [1.165, 1.54) is 19.1 Å². The Labute approximate surface area is 232 Å². The summed E-state index contributed by atoms with van der Waals surface area (Å²) in [5.41, 5.74) is 22.7. The van der Waals surface area contributed by atoms with Crippen LogP contribution in [0.5, 0.6) is 5.75 Å². The average molecular weight is 567 g/mol. The number of carbonyl (C=O) groups excluding carboxylic acids is 3. The number of aromatic hydroxyl groups is 1. The van der Waals surface area contributed by atoms with Gasteiger partial charge in [-0.2, -0.15) is 0 Å². The smallest absolute Gasteiger partial charge is 0.328 e. The lowest BCUT2D eigenvalue weighted by atomic mass is 10.0. The van der Waals surface area contributed by atoms with Gasteiger partial charge >= 0.3 is 5.97 Å². The van der Waals surface area contributed by atoms with Crippen molar-refractivity contribution in [1.82, 2.24) is 16.0 Å². The lowest BCUT2D eigenvalue weighted by Crippen LogP contribution is -2.58. The van der Waals surface area contributed by atoms with Crippen LogP contribution in [0.15, 0.2) is 29.3 Å². The molecule has 0 aliphatic carbocycles. The first-order valence-corrected chi connectivity index (χ1v) is 13.0. The Morgan fingerprint density at radius 1 is 0.900 bits per heavy atom. The van der Waals surface area contributed by atoms with Gasteiger partial charge in [0.05, 0.1) is 12.1 Å². The van der Waals surface area contributed by atoms with Gasteiger partial charge in [-0.15, -0.1) is 0 Å². The highest BCUT2D eigenvalue weighted by Gasteiger charge is 2.31. The number of nitrogens with one attached hydrogen (secondary N) is 3. The van der Waals surface area contributed by atoms with Gasteiger partial charge in [0.15, 0.2) is 12.0 Å². The molecule has 14 N–H and O–H groups in total. The van der Waals surface area contributed by atoms with E-state index in [0.717, 1.165) is 0 Å². The number of rotatable bonds is 18. The molecule has 0 aromatic heterocycles. The number of carboxylic acid groups (broad SMARTS) is 1. The standard InChI is InChI=1S/C25H42N8O7/c1-14(34)20(24(39)40)33-22(37)18(6-2-3-11-26)31-23(38)19(13-15-7-9-16(35)10-8-15)32-21(36)17(27)5-4-12-30-25(28)29/h7-10,14,17-20,34-35H,2-6,11-13,26-27H2,1H3,(H,31,38)(H,32,36)(H,33,37)(H,39,40)(H4,28,29,30). The largest absolute Gasteiger partial charge is 0.508 e. The highest BCUT2D eigenvalue weighted by atomic mass is 16.4. The van der Waals surface area contributed by atoms with E-state index in [4.69, 9.17) is 22.9 Å². The molecule has 0 radical (unpaired) electrons. The van der Waals surface area contributed by atoms with Gasteiger partial charge in [0.1, 0.15) is 17.8 Å². The van der Waals surface area contributed by atoms with Crippen molar-refractivity contribution in [2.75, 3.05) is 13.1 Å². The van der Waals surface area contributed by atoms with Crippen LogP contribution in [-0.2, 0) is 25.6 Å². The number of guanidine groups is 1. The molecule has 5 atom stereocenters. The summed E-state index contributed by atoms with van der Waals surface area (Å²) in [4.78, 5) is 54.4. The number of hydrogen-bond donors (Lipinski definition) is 10. The van der Waals surface area contributed by atoms with Crippen LogP contribution in [0.1, 0.15) is 44.6 Å². The van der Waals surface area contributed by atoms with E-state index in [9.17, 15) is 34.5 Å². The van der Waals surface area contributed by atoms with E-state index >= 15 is 0 Å². The Morgan fingerprint density at radius 2 is 1.50 bits per heavy atom. The summed E-state index contributed by atoms with van der Waals surface area (Å²) in [6.45, 7) is 1.82.